The molecule has 4 rings (SSSR count). The van der Waals surface area contributed by atoms with Gasteiger partial charge in [0.2, 0.25) is 5.91 Å². The van der Waals surface area contributed by atoms with Gasteiger partial charge in [0.05, 0.1) is 5.69 Å². The Bertz CT molecular complexity index is 629. The zero-order valence-corrected chi connectivity index (χ0v) is 10.9. The van der Waals surface area contributed by atoms with E-state index >= 15 is 0 Å². The molecule has 102 valence electrons. The highest BCUT2D eigenvalue weighted by Gasteiger charge is 2.48. The van der Waals surface area contributed by atoms with Crippen LogP contribution in [0.25, 0.3) is 5.82 Å². The number of fused-ring (bicyclic) bond motifs is 1. The smallest absolute Gasteiger partial charge is 0.227 e. The number of carbonyl (C=O) groups excluding carboxylic acids is 1. The van der Waals surface area contributed by atoms with Gasteiger partial charge in [0, 0.05) is 12.1 Å². The Labute approximate surface area is 116 Å². The second kappa shape index (κ2) is 4.40. The third-order valence-electron chi connectivity index (χ3n) is 4.29. The van der Waals surface area contributed by atoms with Gasteiger partial charge in [0.1, 0.15) is 12.7 Å². The van der Waals surface area contributed by atoms with Crippen LogP contribution < -0.4 is 5.32 Å². The van der Waals surface area contributed by atoms with Crippen molar-refractivity contribution in [3.05, 3.63) is 31.0 Å². The molecule has 2 aromatic heterocycles. The van der Waals surface area contributed by atoms with E-state index < -0.39 is 0 Å². The number of carbonyl (C=O) groups is 1. The van der Waals surface area contributed by atoms with Crippen molar-refractivity contribution < 1.29 is 4.79 Å². The summed E-state index contributed by atoms with van der Waals surface area (Å²) in [5.41, 5.74) is 0.684. The van der Waals surface area contributed by atoms with Crippen LogP contribution in [0, 0.1) is 17.8 Å². The molecule has 2 saturated carbocycles. The molecular weight excluding hydrogens is 254 g/mol. The third kappa shape index (κ3) is 1.97. The standard InChI is InChI=1S/C14H15N5O/c20-14(11-5-9-4-10(9)6-11)18-12-2-1-3-16-13(12)19-8-15-7-17-19/h1-3,7-11H,4-6H2,(H,18,20). The van der Waals surface area contributed by atoms with Crippen molar-refractivity contribution in [2.24, 2.45) is 17.8 Å². The van der Waals surface area contributed by atoms with E-state index in [1.165, 1.54) is 12.7 Å². The van der Waals surface area contributed by atoms with E-state index in [4.69, 9.17) is 0 Å². The predicted octanol–water partition coefficient (Wildman–Crippen LogP) is 1.65. The zero-order chi connectivity index (χ0) is 13.5. The maximum absolute atomic E-state index is 12.3. The van der Waals surface area contributed by atoms with E-state index in [0.29, 0.717) is 11.5 Å². The molecule has 2 aliphatic carbocycles. The molecule has 2 atom stereocenters. The van der Waals surface area contributed by atoms with E-state index in [0.717, 1.165) is 24.7 Å². The SMILES string of the molecule is O=C(Nc1cccnc1-n1cncn1)C1CC2CC2C1. The van der Waals surface area contributed by atoms with Gasteiger partial charge in [0.25, 0.3) is 0 Å². The number of anilines is 1. The summed E-state index contributed by atoms with van der Waals surface area (Å²) >= 11 is 0. The van der Waals surface area contributed by atoms with Crippen LogP contribution in [0.4, 0.5) is 5.69 Å². The van der Waals surface area contributed by atoms with Crippen LogP contribution in [-0.4, -0.2) is 25.7 Å². The summed E-state index contributed by atoms with van der Waals surface area (Å²) in [5, 5.41) is 7.05. The van der Waals surface area contributed by atoms with Crippen molar-refractivity contribution >= 4 is 11.6 Å². The fourth-order valence-corrected chi connectivity index (χ4v) is 3.16. The molecule has 2 unspecified atom stereocenters. The highest BCUT2D eigenvalue weighted by molar-refractivity contribution is 5.94. The maximum atomic E-state index is 12.3. The first-order valence-corrected chi connectivity index (χ1v) is 6.92. The molecule has 2 heterocycles. The minimum Gasteiger partial charge on any atom is -0.323 e. The van der Waals surface area contributed by atoms with Crippen LogP contribution in [0.2, 0.25) is 0 Å². The van der Waals surface area contributed by atoms with Gasteiger partial charge in [-0.1, -0.05) is 0 Å². The summed E-state index contributed by atoms with van der Waals surface area (Å²) in [4.78, 5) is 20.5. The molecule has 1 amide bonds. The molecule has 2 aliphatic rings. The van der Waals surface area contributed by atoms with E-state index in [1.54, 1.807) is 17.2 Å². The zero-order valence-electron chi connectivity index (χ0n) is 10.9. The molecule has 0 aromatic carbocycles. The van der Waals surface area contributed by atoms with Crippen molar-refractivity contribution in [1.29, 1.82) is 0 Å². The molecule has 0 radical (unpaired) electrons. The van der Waals surface area contributed by atoms with E-state index in [-0.39, 0.29) is 11.8 Å². The fraction of sp³-hybridized carbons (Fsp3) is 0.429. The van der Waals surface area contributed by atoms with Crippen molar-refractivity contribution in [3.8, 4) is 5.82 Å². The average molecular weight is 269 g/mol. The molecule has 1 N–H and O–H groups in total. The van der Waals surface area contributed by atoms with Gasteiger partial charge >= 0.3 is 0 Å². The molecule has 6 heteroatoms. The molecule has 0 aliphatic heterocycles. The summed E-state index contributed by atoms with van der Waals surface area (Å²) in [5.74, 6) is 2.46. The normalized spacial score (nSPS) is 27.1. The van der Waals surface area contributed by atoms with E-state index in [1.807, 2.05) is 12.1 Å². The van der Waals surface area contributed by atoms with Gasteiger partial charge in [-0.15, -0.1) is 0 Å². The van der Waals surface area contributed by atoms with Crippen molar-refractivity contribution in [2.75, 3.05) is 5.32 Å². The quantitative estimate of drug-likeness (QED) is 0.919. The number of aromatic nitrogens is 4. The lowest BCUT2D eigenvalue weighted by molar-refractivity contribution is -0.120. The van der Waals surface area contributed by atoms with E-state index in [9.17, 15) is 4.79 Å². The van der Waals surface area contributed by atoms with Gasteiger partial charge in [-0.2, -0.15) is 5.10 Å². The Morgan fingerprint density at radius 3 is 2.90 bits per heavy atom. The number of pyridine rings is 1. The van der Waals surface area contributed by atoms with E-state index in [2.05, 4.69) is 20.4 Å². The number of hydrogen-bond donors (Lipinski definition) is 1. The van der Waals surface area contributed by atoms with Crippen LogP contribution in [0.3, 0.4) is 0 Å². The Balaban J connectivity index is 1.55. The molecule has 6 nitrogen and oxygen atoms in total. The molecular formula is C14H15N5O. The number of nitrogens with one attached hydrogen (secondary N) is 1. The lowest BCUT2D eigenvalue weighted by Gasteiger charge is -2.14. The number of nitrogens with zero attached hydrogens (tertiary/aromatic N) is 4. The first kappa shape index (κ1) is 11.6. The van der Waals surface area contributed by atoms with Crippen LogP contribution in [0.1, 0.15) is 19.3 Å². The van der Waals surface area contributed by atoms with Gasteiger partial charge in [-0.25, -0.2) is 14.6 Å². The van der Waals surface area contributed by atoms with Crippen LogP contribution in [0.5, 0.6) is 0 Å². The summed E-state index contributed by atoms with van der Waals surface area (Å²) < 4.78 is 1.56. The highest BCUT2D eigenvalue weighted by Crippen LogP contribution is 2.54. The Morgan fingerprint density at radius 1 is 1.30 bits per heavy atom. The van der Waals surface area contributed by atoms with Gasteiger partial charge in [0.15, 0.2) is 5.82 Å². The monoisotopic (exact) mass is 269 g/mol. The second-order valence-corrected chi connectivity index (χ2v) is 5.63. The minimum atomic E-state index is 0.103. The second-order valence-electron chi connectivity index (χ2n) is 5.63. The van der Waals surface area contributed by atoms with Gasteiger partial charge < -0.3 is 5.32 Å². The first-order chi connectivity index (χ1) is 9.81. The molecule has 2 fully saturated rings. The molecule has 2 aromatic rings. The lowest BCUT2D eigenvalue weighted by Crippen LogP contribution is -2.22. The summed E-state index contributed by atoms with van der Waals surface area (Å²) in [6, 6.07) is 3.65. The molecule has 0 spiro atoms. The summed E-state index contributed by atoms with van der Waals surface area (Å²) in [7, 11) is 0. The third-order valence-corrected chi connectivity index (χ3v) is 4.29. The fourth-order valence-electron chi connectivity index (χ4n) is 3.16. The first-order valence-electron chi connectivity index (χ1n) is 6.92. The average Bonchev–Trinajstić information content (AvgIpc) is 2.91. The van der Waals surface area contributed by atoms with Crippen molar-refractivity contribution in [2.45, 2.75) is 19.3 Å². The maximum Gasteiger partial charge on any atom is 0.227 e. The number of amides is 1. The topological polar surface area (TPSA) is 72.7 Å². The van der Waals surface area contributed by atoms with Crippen LogP contribution >= 0.6 is 0 Å². The van der Waals surface area contributed by atoms with Crippen LogP contribution in [0.15, 0.2) is 31.0 Å². The van der Waals surface area contributed by atoms with Crippen molar-refractivity contribution in [3.63, 3.8) is 0 Å². The molecule has 0 bridgehead atoms. The molecule has 0 saturated heterocycles. The minimum absolute atomic E-state index is 0.103. The number of hydrogen-bond acceptors (Lipinski definition) is 4. The Kier molecular flexibility index (Phi) is 2.55. The Hall–Kier alpha value is -2.24. The van der Waals surface area contributed by atoms with Gasteiger partial charge in [-0.3, -0.25) is 4.79 Å². The summed E-state index contributed by atoms with van der Waals surface area (Å²) in [6.07, 6.45) is 8.09. The summed E-state index contributed by atoms with van der Waals surface area (Å²) in [6.45, 7) is 0. The number of rotatable bonds is 3. The van der Waals surface area contributed by atoms with Crippen LogP contribution in [-0.2, 0) is 4.79 Å². The highest BCUT2D eigenvalue weighted by atomic mass is 16.1. The van der Waals surface area contributed by atoms with Gasteiger partial charge in [-0.05, 0) is 43.2 Å². The molecule has 20 heavy (non-hydrogen) atoms. The predicted molar refractivity (Wildman–Crippen MR) is 72.1 cm³/mol. The lowest BCUT2D eigenvalue weighted by atomic mass is 10.0. The largest absolute Gasteiger partial charge is 0.323 e. The Morgan fingerprint density at radius 2 is 2.15 bits per heavy atom. The van der Waals surface area contributed by atoms with Crippen molar-refractivity contribution in [1.82, 2.24) is 19.7 Å².